The van der Waals surface area contributed by atoms with E-state index in [9.17, 15) is 4.79 Å². The molecule has 0 spiro atoms. The highest BCUT2D eigenvalue weighted by molar-refractivity contribution is 5.67. The summed E-state index contributed by atoms with van der Waals surface area (Å²) in [7, 11) is 3.15. The summed E-state index contributed by atoms with van der Waals surface area (Å²) in [4.78, 5) is 11.7. The summed E-state index contributed by atoms with van der Waals surface area (Å²) in [5.41, 5.74) is 1.85. The normalized spacial score (nSPS) is 9.91. The monoisotopic (exact) mass is 301 g/mol. The SMILES string of the molecule is COc1ccc(CNC(=O)OCc2ccccc2)cc1OC. The molecule has 116 valence electrons. The molecule has 22 heavy (non-hydrogen) atoms. The van der Waals surface area contributed by atoms with Gasteiger partial charge in [-0.15, -0.1) is 0 Å². The molecule has 1 N–H and O–H groups in total. The van der Waals surface area contributed by atoms with Crippen LogP contribution in [0.25, 0.3) is 0 Å². The Labute approximate surface area is 129 Å². The molecule has 0 atom stereocenters. The van der Waals surface area contributed by atoms with Crippen molar-refractivity contribution >= 4 is 6.09 Å². The van der Waals surface area contributed by atoms with E-state index < -0.39 is 6.09 Å². The van der Waals surface area contributed by atoms with Gasteiger partial charge in [-0.3, -0.25) is 0 Å². The average Bonchev–Trinajstić information content (AvgIpc) is 2.58. The fourth-order valence-electron chi connectivity index (χ4n) is 1.94. The van der Waals surface area contributed by atoms with Gasteiger partial charge in [-0.1, -0.05) is 36.4 Å². The number of amides is 1. The molecular weight excluding hydrogens is 282 g/mol. The number of hydrogen-bond acceptors (Lipinski definition) is 4. The molecule has 0 aromatic heterocycles. The lowest BCUT2D eigenvalue weighted by molar-refractivity contribution is 0.139. The number of methoxy groups -OCH3 is 2. The fourth-order valence-corrected chi connectivity index (χ4v) is 1.94. The first kappa shape index (κ1) is 15.7. The number of alkyl carbamates (subject to hydrolysis) is 1. The van der Waals surface area contributed by atoms with Gasteiger partial charge in [0.1, 0.15) is 6.61 Å². The van der Waals surface area contributed by atoms with Crippen LogP contribution in [0.2, 0.25) is 0 Å². The van der Waals surface area contributed by atoms with E-state index in [0.29, 0.717) is 18.0 Å². The third kappa shape index (κ3) is 4.41. The first-order valence-corrected chi connectivity index (χ1v) is 6.88. The minimum absolute atomic E-state index is 0.249. The third-order valence-electron chi connectivity index (χ3n) is 3.10. The van der Waals surface area contributed by atoms with Crippen molar-refractivity contribution in [1.29, 1.82) is 0 Å². The Kier molecular flexibility index (Phi) is 5.65. The molecule has 2 aromatic carbocycles. The maximum absolute atomic E-state index is 11.7. The minimum Gasteiger partial charge on any atom is -0.493 e. The largest absolute Gasteiger partial charge is 0.493 e. The Hall–Kier alpha value is -2.69. The molecule has 0 fully saturated rings. The van der Waals surface area contributed by atoms with Gasteiger partial charge in [-0.2, -0.15) is 0 Å². The zero-order valence-corrected chi connectivity index (χ0v) is 12.7. The maximum atomic E-state index is 11.7. The van der Waals surface area contributed by atoms with Crippen molar-refractivity contribution in [3.8, 4) is 11.5 Å². The predicted octanol–water partition coefficient (Wildman–Crippen LogP) is 3.13. The summed E-state index contributed by atoms with van der Waals surface area (Å²) < 4.78 is 15.5. The number of nitrogens with one attached hydrogen (secondary N) is 1. The molecule has 1 amide bonds. The first-order valence-electron chi connectivity index (χ1n) is 6.88. The average molecular weight is 301 g/mol. The van der Waals surface area contributed by atoms with Crippen molar-refractivity contribution in [3.05, 3.63) is 59.7 Å². The number of carbonyl (C=O) groups is 1. The van der Waals surface area contributed by atoms with Crippen LogP contribution in [-0.4, -0.2) is 20.3 Å². The highest BCUT2D eigenvalue weighted by Gasteiger charge is 2.06. The Morgan fingerprint density at radius 2 is 1.68 bits per heavy atom. The molecule has 5 heteroatoms. The van der Waals surface area contributed by atoms with Crippen LogP contribution in [-0.2, 0) is 17.9 Å². The van der Waals surface area contributed by atoms with E-state index in [1.54, 1.807) is 20.3 Å². The van der Waals surface area contributed by atoms with Gasteiger partial charge in [0.05, 0.1) is 14.2 Å². The lowest BCUT2D eigenvalue weighted by Crippen LogP contribution is -2.23. The molecular formula is C17H19NO4. The second kappa shape index (κ2) is 7.93. The number of benzene rings is 2. The van der Waals surface area contributed by atoms with E-state index in [4.69, 9.17) is 14.2 Å². The summed E-state index contributed by atoms with van der Waals surface area (Å²) in [6.45, 7) is 0.604. The maximum Gasteiger partial charge on any atom is 0.407 e. The van der Waals surface area contributed by atoms with E-state index >= 15 is 0 Å². The molecule has 0 aliphatic carbocycles. The van der Waals surface area contributed by atoms with Crippen molar-refractivity contribution in [2.24, 2.45) is 0 Å². The predicted molar refractivity (Wildman–Crippen MR) is 83.0 cm³/mol. The zero-order chi connectivity index (χ0) is 15.8. The summed E-state index contributed by atoms with van der Waals surface area (Å²) in [6.07, 6.45) is -0.460. The fraction of sp³-hybridized carbons (Fsp3) is 0.235. The Morgan fingerprint density at radius 3 is 2.36 bits per heavy atom. The Bertz CT molecular complexity index is 613. The third-order valence-corrected chi connectivity index (χ3v) is 3.10. The summed E-state index contributed by atoms with van der Waals surface area (Å²) in [5.74, 6) is 1.28. The topological polar surface area (TPSA) is 56.8 Å². The van der Waals surface area contributed by atoms with Gasteiger partial charge in [0.25, 0.3) is 0 Å². The van der Waals surface area contributed by atoms with E-state index in [0.717, 1.165) is 11.1 Å². The highest BCUT2D eigenvalue weighted by Crippen LogP contribution is 2.27. The molecule has 2 rings (SSSR count). The van der Waals surface area contributed by atoms with Crippen molar-refractivity contribution in [3.63, 3.8) is 0 Å². The molecule has 0 aliphatic heterocycles. The molecule has 0 aliphatic rings. The summed E-state index contributed by atoms with van der Waals surface area (Å²) in [5, 5.41) is 2.70. The van der Waals surface area contributed by atoms with Crippen molar-refractivity contribution < 1.29 is 19.0 Å². The summed E-state index contributed by atoms with van der Waals surface area (Å²) in [6, 6.07) is 15.0. The van der Waals surface area contributed by atoms with Gasteiger partial charge in [-0.05, 0) is 23.3 Å². The van der Waals surface area contributed by atoms with Crippen LogP contribution in [0, 0.1) is 0 Å². The Balaban J connectivity index is 1.83. The number of rotatable bonds is 6. The van der Waals surface area contributed by atoms with E-state index in [2.05, 4.69) is 5.32 Å². The van der Waals surface area contributed by atoms with Gasteiger partial charge in [0.15, 0.2) is 11.5 Å². The van der Waals surface area contributed by atoms with Gasteiger partial charge < -0.3 is 19.5 Å². The van der Waals surface area contributed by atoms with Crippen LogP contribution in [0.4, 0.5) is 4.79 Å². The smallest absolute Gasteiger partial charge is 0.407 e. The van der Waals surface area contributed by atoms with Gasteiger partial charge in [0.2, 0.25) is 0 Å². The Morgan fingerprint density at radius 1 is 0.955 bits per heavy atom. The van der Waals surface area contributed by atoms with Crippen LogP contribution in [0.1, 0.15) is 11.1 Å². The van der Waals surface area contributed by atoms with Gasteiger partial charge in [0, 0.05) is 6.54 Å². The lowest BCUT2D eigenvalue weighted by Gasteiger charge is -2.10. The van der Waals surface area contributed by atoms with Crippen molar-refractivity contribution in [2.75, 3.05) is 14.2 Å². The molecule has 0 heterocycles. The molecule has 0 saturated carbocycles. The minimum atomic E-state index is -0.460. The van der Waals surface area contributed by atoms with Crippen LogP contribution < -0.4 is 14.8 Å². The quantitative estimate of drug-likeness (QED) is 0.890. The standard InChI is InChI=1S/C17H19NO4/c1-20-15-9-8-14(10-16(15)21-2)11-18-17(19)22-12-13-6-4-3-5-7-13/h3-10H,11-12H2,1-2H3,(H,18,19). The molecule has 5 nitrogen and oxygen atoms in total. The molecule has 0 bridgehead atoms. The van der Waals surface area contributed by atoms with Crippen LogP contribution in [0.15, 0.2) is 48.5 Å². The molecule has 0 saturated heterocycles. The van der Waals surface area contributed by atoms with Crippen LogP contribution in [0.3, 0.4) is 0 Å². The summed E-state index contributed by atoms with van der Waals surface area (Å²) >= 11 is 0. The van der Waals surface area contributed by atoms with Crippen molar-refractivity contribution in [1.82, 2.24) is 5.32 Å². The number of carbonyl (C=O) groups excluding carboxylic acids is 1. The molecule has 0 radical (unpaired) electrons. The van der Waals surface area contributed by atoms with Crippen LogP contribution in [0.5, 0.6) is 11.5 Å². The molecule has 2 aromatic rings. The second-order valence-corrected chi connectivity index (χ2v) is 4.60. The first-order chi connectivity index (χ1) is 10.7. The van der Waals surface area contributed by atoms with Gasteiger partial charge in [-0.25, -0.2) is 4.79 Å². The van der Waals surface area contributed by atoms with Gasteiger partial charge >= 0.3 is 6.09 Å². The number of ether oxygens (including phenoxy) is 3. The molecule has 0 unspecified atom stereocenters. The number of hydrogen-bond donors (Lipinski definition) is 1. The van der Waals surface area contributed by atoms with Crippen LogP contribution >= 0.6 is 0 Å². The van der Waals surface area contributed by atoms with E-state index in [-0.39, 0.29) is 6.61 Å². The van der Waals surface area contributed by atoms with E-state index in [1.807, 2.05) is 42.5 Å². The second-order valence-electron chi connectivity index (χ2n) is 4.60. The lowest BCUT2D eigenvalue weighted by atomic mass is 10.2. The highest BCUT2D eigenvalue weighted by atomic mass is 16.5. The van der Waals surface area contributed by atoms with E-state index in [1.165, 1.54) is 0 Å². The van der Waals surface area contributed by atoms with Crippen molar-refractivity contribution in [2.45, 2.75) is 13.2 Å². The zero-order valence-electron chi connectivity index (χ0n) is 12.7.